The number of nitrogens with zero attached hydrogens (tertiary/aromatic N) is 1. The van der Waals surface area contributed by atoms with Gasteiger partial charge in [-0.25, -0.2) is 0 Å². The number of fused-ring (bicyclic) bond motifs is 1. The minimum Gasteiger partial charge on any atom is -0.497 e. The normalized spacial score (nSPS) is 10.7. The van der Waals surface area contributed by atoms with Crippen LogP contribution in [-0.4, -0.2) is 36.1 Å². The van der Waals surface area contributed by atoms with Crippen LogP contribution in [0.25, 0.3) is 10.1 Å². The highest BCUT2D eigenvalue weighted by Gasteiger charge is 2.20. The first kappa shape index (κ1) is 19.0. The molecule has 4 nitrogen and oxygen atoms in total. The average Bonchev–Trinajstić information content (AvgIpc) is 2.90. The molecule has 24 heavy (non-hydrogen) atoms. The van der Waals surface area contributed by atoms with Crippen molar-refractivity contribution >= 4 is 56.3 Å². The van der Waals surface area contributed by atoms with E-state index in [-0.39, 0.29) is 5.91 Å². The number of thiophene rings is 1. The van der Waals surface area contributed by atoms with Crippen LogP contribution in [0.1, 0.15) is 36.4 Å². The number of carbonyl (C=O) groups excluding carboxylic acids is 1. The van der Waals surface area contributed by atoms with E-state index in [1.54, 1.807) is 7.11 Å². The van der Waals surface area contributed by atoms with Crippen molar-refractivity contribution in [1.29, 1.82) is 0 Å². The molecule has 0 saturated carbocycles. The molecule has 2 rings (SSSR count). The van der Waals surface area contributed by atoms with Gasteiger partial charge in [-0.05, 0) is 43.3 Å². The molecule has 130 valence electrons. The molecule has 0 radical (unpaired) electrons. The fourth-order valence-corrected chi connectivity index (χ4v) is 4.12. The van der Waals surface area contributed by atoms with E-state index in [2.05, 4.69) is 19.2 Å². The second-order valence-corrected chi connectivity index (χ2v) is 7.17. The Morgan fingerprint density at radius 1 is 1.33 bits per heavy atom. The number of amides is 1. The Hall–Kier alpha value is -1.37. The number of benzene rings is 1. The minimum atomic E-state index is -0.262. The van der Waals surface area contributed by atoms with Gasteiger partial charge in [0.1, 0.15) is 10.6 Å². The van der Waals surface area contributed by atoms with Gasteiger partial charge in [-0.15, -0.1) is 11.3 Å². The van der Waals surface area contributed by atoms with E-state index in [9.17, 15) is 4.79 Å². The van der Waals surface area contributed by atoms with Crippen LogP contribution in [0.3, 0.4) is 0 Å². The third-order valence-corrected chi connectivity index (χ3v) is 5.55. The lowest BCUT2D eigenvalue weighted by Gasteiger charge is -2.24. The highest BCUT2D eigenvalue weighted by Crippen LogP contribution is 2.37. The van der Waals surface area contributed by atoms with E-state index < -0.39 is 0 Å². The maximum absolute atomic E-state index is 12.6. The summed E-state index contributed by atoms with van der Waals surface area (Å²) in [6, 6.07) is 5.57. The van der Waals surface area contributed by atoms with Crippen molar-refractivity contribution in [2.45, 2.75) is 26.7 Å². The largest absolute Gasteiger partial charge is 0.497 e. The number of hydrogen-bond donors (Lipinski definition) is 1. The van der Waals surface area contributed by atoms with Crippen LogP contribution >= 0.6 is 35.2 Å². The zero-order valence-electron chi connectivity index (χ0n) is 14.0. The van der Waals surface area contributed by atoms with Crippen molar-refractivity contribution in [2.75, 3.05) is 20.2 Å². The summed E-state index contributed by atoms with van der Waals surface area (Å²) in [7, 11) is 1.61. The van der Waals surface area contributed by atoms with Crippen molar-refractivity contribution in [2.24, 2.45) is 0 Å². The Bertz CT molecular complexity index is 740. The first-order valence-corrected chi connectivity index (χ1v) is 9.48. The van der Waals surface area contributed by atoms with Gasteiger partial charge in [0.05, 0.1) is 12.1 Å². The molecule has 0 spiro atoms. The summed E-state index contributed by atoms with van der Waals surface area (Å²) in [4.78, 5) is 15.1. The number of rotatable bonds is 6. The fourth-order valence-electron chi connectivity index (χ4n) is 2.41. The van der Waals surface area contributed by atoms with Crippen LogP contribution in [0.2, 0.25) is 5.02 Å². The van der Waals surface area contributed by atoms with Crippen molar-refractivity contribution in [3.8, 4) is 5.75 Å². The van der Waals surface area contributed by atoms with Crippen molar-refractivity contribution in [1.82, 2.24) is 10.2 Å². The molecule has 2 aromatic rings. The molecule has 0 unspecified atom stereocenters. The molecule has 0 fully saturated rings. The second-order valence-electron chi connectivity index (χ2n) is 5.35. The second kappa shape index (κ2) is 8.65. The predicted octanol–water partition coefficient (Wildman–Crippen LogP) is 4.70. The molecule has 1 heterocycles. The standard InChI is InChI=1S/C17H21ClN2O2S2/c1-4-8-20(9-5-2)17(23)19-16(21)15-14(18)12-7-6-11(22-3)10-13(12)24-15/h6-7,10H,4-5,8-9H2,1-3H3,(H,19,21,23). The number of ether oxygens (including phenoxy) is 1. The maximum atomic E-state index is 12.6. The van der Waals surface area contributed by atoms with Gasteiger partial charge in [0.15, 0.2) is 5.11 Å². The molecule has 0 saturated heterocycles. The highest BCUT2D eigenvalue weighted by molar-refractivity contribution is 7.80. The summed E-state index contributed by atoms with van der Waals surface area (Å²) in [6.45, 7) is 5.82. The Labute approximate surface area is 156 Å². The van der Waals surface area contributed by atoms with E-state index in [1.165, 1.54) is 11.3 Å². The summed E-state index contributed by atoms with van der Waals surface area (Å²) >= 11 is 13.1. The number of carbonyl (C=O) groups is 1. The third kappa shape index (κ3) is 4.18. The van der Waals surface area contributed by atoms with Crippen LogP contribution < -0.4 is 10.1 Å². The quantitative estimate of drug-likeness (QED) is 0.733. The summed E-state index contributed by atoms with van der Waals surface area (Å²) < 4.78 is 6.13. The van der Waals surface area contributed by atoms with Gasteiger partial charge in [0.25, 0.3) is 5.91 Å². The Morgan fingerprint density at radius 2 is 2.00 bits per heavy atom. The van der Waals surface area contributed by atoms with E-state index in [1.807, 2.05) is 23.1 Å². The van der Waals surface area contributed by atoms with Crippen LogP contribution in [-0.2, 0) is 0 Å². The third-order valence-electron chi connectivity index (χ3n) is 3.54. The number of hydrogen-bond acceptors (Lipinski definition) is 4. The molecule has 1 N–H and O–H groups in total. The van der Waals surface area contributed by atoms with Crippen LogP contribution in [0.4, 0.5) is 0 Å². The predicted molar refractivity (Wildman–Crippen MR) is 106 cm³/mol. The van der Waals surface area contributed by atoms with Crippen molar-refractivity contribution in [3.63, 3.8) is 0 Å². The van der Waals surface area contributed by atoms with Gasteiger partial charge in [0, 0.05) is 23.2 Å². The Morgan fingerprint density at radius 3 is 2.58 bits per heavy atom. The molecule has 1 amide bonds. The van der Waals surface area contributed by atoms with E-state index in [0.29, 0.717) is 15.0 Å². The van der Waals surface area contributed by atoms with Gasteiger partial charge in [-0.3, -0.25) is 10.1 Å². The topological polar surface area (TPSA) is 41.6 Å². The lowest BCUT2D eigenvalue weighted by Crippen LogP contribution is -2.43. The lowest BCUT2D eigenvalue weighted by molar-refractivity contribution is 0.0977. The Balaban J connectivity index is 2.21. The van der Waals surface area contributed by atoms with Crippen molar-refractivity contribution < 1.29 is 9.53 Å². The summed E-state index contributed by atoms with van der Waals surface area (Å²) in [5, 5.41) is 4.56. The zero-order chi connectivity index (χ0) is 17.7. The van der Waals surface area contributed by atoms with E-state index >= 15 is 0 Å². The molecule has 0 aliphatic carbocycles. The summed E-state index contributed by atoms with van der Waals surface area (Å²) in [5.41, 5.74) is 0. The monoisotopic (exact) mass is 384 g/mol. The first-order chi connectivity index (χ1) is 11.5. The summed E-state index contributed by atoms with van der Waals surface area (Å²) in [5.74, 6) is 0.474. The highest BCUT2D eigenvalue weighted by atomic mass is 35.5. The van der Waals surface area contributed by atoms with Crippen LogP contribution in [0.15, 0.2) is 18.2 Å². The maximum Gasteiger partial charge on any atom is 0.269 e. The van der Waals surface area contributed by atoms with Gasteiger partial charge in [-0.2, -0.15) is 0 Å². The molecule has 1 aromatic heterocycles. The van der Waals surface area contributed by atoms with E-state index in [0.717, 1.165) is 41.8 Å². The van der Waals surface area contributed by atoms with Gasteiger partial charge in [-0.1, -0.05) is 25.4 Å². The first-order valence-electron chi connectivity index (χ1n) is 7.88. The zero-order valence-corrected chi connectivity index (χ0v) is 16.4. The molecule has 0 atom stereocenters. The molecular weight excluding hydrogens is 364 g/mol. The van der Waals surface area contributed by atoms with Crippen LogP contribution in [0.5, 0.6) is 5.75 Å². The SMILES string of the molecule is CCCN(CCC)C(=S)NC(=O)c1sc2cc(OC)ccc2c1Cl. The average molecular weight is 385 g/mol. The van der Waals surface area contributed by atoms with Gasteiger partial charge >= 0.3 is 0 Å². The molecule has 1 aromatic carbocycles. The molecule has 0 aliphatic heterocycles. The number of thiocarbonyl (C=S) groups is 1. The molecule has 0 bridgehead atoms. The van der Waals surface area contributed by atoms with E-state index in [4.69, 9.17) is 28.6 Å². The number of nitrogens with one attached hydrogen (secondary N) is 1. The Kier molecular flexibility index (Phi) is 6.83. The van der Waals surface area contributed by atoms with Crippen LogP contribution in [0, 0.1) is 0 Å². The molecule has 7 heteroatoms. The smallest absolute Gasteiger partial charge is 0.269 e. The molecular formula is C17H21ClN2O2S2. The van der Waals surface area contributed by atoms with Gasteiger partial charge in [0.2, 0.25) is 0 Å². The number of halogens is 1. The van der Waals surface area contributed by atoms with Crippen molar-refractivity contribution in [3.05, 3.63) is 28.1 Å². The number of methoxy groups -OCH3 is 1. The van der Waals surface area contributed by atoms with Gasteiger partial charge < -0.3 is 9.64 Å². The minimum absolute atomic E-state index is 0.262. The lowest BCUT2D eigenvalue weighted by atomic mass is 10.2. The summed E-state index contributed by atoms with van der Waals surface area (Å²) in [6.07, 6.45) is 1.94. The fraction of sp³-hybridized carbons (Fsp3) is 0.412. The molecule has 0 aliphatic rings.